The zero-order valence-electron chi connectivity index (χ0n) is 12.4. The molecule has 0 aromatic heterocycles. The van der Waals surface area contributed by atoms with Crippen LogP contribution in [0.1, 0.15) is 16.7 Å². The summed E-state index contributed by atoms with van der Waals surface area (Å²) in [7, 11) is 0. The zero-order chi connectivity index (χ0) is 17.1. The lowest BCUT2D eigenvalue weighted by Crippen LogP contribution is -2.17. The van der Waals surface area contributed by atoms with Crippen LogP contribution in [0.25, 0.3) is 6.08 Å². The van der Waals surface area contributed by atoms with Crippen LogP contribution in [-0.2, 0) is 11.2 Å². The molecule has 1 aliphatic rings. The smallest absolute Gasteiger partial charge is 0.263 e. The van der Waals surface area contributed by atoms with E-state index in [1.165, 1.54) is 12.1 Å². The molecule has 2 aromatic rings. The van der Waals surface area contributed by atoms with Gasteiger partial charge in [0.25, 0.3) is 5.91 Å². The molecule has 2 aromatic carbocycles. The SMILES string of the molecule is O=Nc1cc(Cc2ccccc2)c(/C=C2\SC(=S)NC2=O)cc1O. The normalized spacial score (nSPS) is 15.6. The topological polar surface area (TPSA) is 78.8 Å². The molecule has 24 heavy (non-hydrogen) atoms. The lowest BCUT2D eigenvalue weighted by molar-refractivity contribution is -0.115. The molecule has 1 fully saturated rings. The Morgan fingerprint density at radius 1 is 1.25 bits per heavy atom. The summed E-state index contributed by atoms with van der Waals surface area (Å²) in [6.45, 7) is 0. The van der Waals surface area contributed by atoms with Gasteiger partial charge in [-0.1, -0.05) is 54.3 Å². The Morgan fingerprint density at radius 3 is 2.62 bits per heavy atom. The molecule has 1 amide bonds. The van der Waals surface area contributed by atoms with Crippen molar-refractivity contribution in [2.75, 3.05) is 0 Å². The Morgan fingerprint density at radius 2 is 2.00 bits per heavy atom. The summed E-state index contributed by atoms with van der Waals surface area (Å²) in [5.41, 5.74) is 2.44. The van der Waals surface area contributed by atoms with E-state index >= 15 is 0 Å². The highest BCUT2D eigenvalue weighted by Gasteiger charge is 2.22. The van der Waals surface area contributed by atoms with Gasteiger partial charge >= 0.3 is 0 Å². The van der Waals surface area contributed by atoms with Crippen LogP contribution in [0, 0.1) is 4.91 Å². The molecule has 1 heterocycles. The third kappa shape index (κ3) is 3.52. The fourth-order valence-corrected chi connectivity index (χ4v) is 3.41. The Kier molecular flexibility index (Phi) is 4.73. The van der Waals surface area contributed by atoms with Gasteiger partial charge < -0.3 is 10.4 Å². The van der Waals surface area contributed by atoms with Crippen LogP contribution >= 0.6 is 24.0 Å². The van der Waals surface area contributed by atoms with E-state index in [1.54, 1.807) is 6.08 Å². The quantitative estimate of drug-likeness (QED) is 0.494. The molecule has 0 spiro atoms. The number of hydrogen-bond donors (Lipinski definition) is 2. The van der Waals surface area contributed by atoms with Gasteiger partial charge in [0.2, 0.25) is 0 Å². The minimum atomic E-state index is -0.271. The van der Waals surface area contributed by atoms with E-state index in [0.717, 1.165) is 22.9 Å². The van der Waals surface area contributed by atoms with Crippen molar-refractivity contribution in [3.8, 4) is 5.75 Å². The molecule has 0 unspecified atom stereocenters. The number of nitroso groups, excluding NO2 is 1. The van der Waals surface area contributed by atoms with Crippen LogP contribution in [0.4, 0.5) is 5.69 Å². The van der Waals surface area contributed by atoms with Crippen molar-refractivity contribution in [1.82, 2.24) is 5.32 Å². The largest absolute Gasteiger partial charge is 0.506 e. The van der Waals surface area contributed by atoms with Crippen LogP contribution in [0.3, 0.4) is 0 Å². The standard InChI is InChI=1S/C17H12N2O3S2/c20-14-8-12(9-15-16(21)18-17(23)24-15)11(7-13(14)19-22)6-10-4-2-1-3-5-10/h1-5,7-9,20H,6H2,(H,18,21,23)/b15-9-. The number of nitrogens with one attached hydrogen (secondary N) is 1. The van der Waals surface area contributed by atoms with Gasteiger partial charge in [0.05, 0.1) is 4.91 Å². The number of aromatic hydroxyl groups is 1. The van der Waals surface area contributed by atoms with E-state index in [1.807, 2.05) is 30.3 Å². The Balaban J connectivity index is 2.05. The molecular weight excluding hydrogens is 344 g/mol. The summed E-state index contributed by atoms with van der Waals surface area (Å²) >= 11 is 6.14. The number of amides is 1. The van der Waals surface area contributed by atoms with Gasteiger partial charge in [0.1, 0.15) is 15.8 Å². The molecule has 5 nitrogen and oxygen atoms in total. The number of carbonyl (C=O) groups excluding carboxylic acids is 1. The summed E-state index contributed by atoms with van der Waals surface area (Å²) in [5, 5.41) is 15.3. The molecule has 7 heteroatoms. The van der Waals surface area contributed by atoms with Gasteiger partial charge in [-0.2, -0.15) is 0 Å². The van der Waals surface area contributed by atoms with Crippen LogP contribution in [0.15, 0.2) is 52.5 Å². The van der Waals surface area contributed by atoms with E-state index in [0.29, 0.717) is 21.2 Å². The van der Waals surface area contributed by atoms with Gasteiger partial charge in [-0.25, -0.2) is 0 Å². The average Bonchev–Trinajstić information content (AvgIpc) is 2.88. The second kappa shape index (κ2) is 6.94. The highest BCUT2D eigenvalue weighted by atomic mass is 32.2. The fourth-order valence-electron chi connectivity index (χ4n) is 2.37. The fraction of sp³-hybridized carbons (Fsp3) is 0.0588. The zero-order valence-corrected chi connectivity index (χ0v) is 14.0. The predicted octanol–water partition coefficient (Wildman–Crippen LogP) is 3.87. The summed E-state index contributed by atoms with van der Waals surface area (Å²) in [6, 6.07) is 12.7. The summed E-state index contributed by atoms with van der Waals surface area (Å²) in [5.74, 6) is -0.493. The molecule has 0 radical (unpaired) electrons. The summed E-state index contributed by atoms with van der Waals surface area (Å²) in [4.78, 5) is 23.2. The third-order valence-corrected chi connectivity index (χ3v) is 4.66. The molecule has 1 saturated heterocycles. The number of hydrogen-bond acceptors (Lipinski definition) is 6. The highest BCUT2D eigenvalue weighted by Crippen LogP contribution is 2.34. The van der Waals surface area contributed by atoms with Crippen LogP contribution in [0.5, 0.6) is 5.75 Å². The molecule has 3 rings (SSSR count). The first kappa shape index (κ1) is 16.4. The molecular formula is C17H12N2O3S2. The first-order valence-corrected chi connectivity index (χ1v) is 8.27. The Labute approximate surface area is 147 Å². The van der Waals surface area contributed by atoms with E-state index in [9.17, 15) is 14.8 Å². The maximum atomic E-state index is 11.8. The predicted molar refractivity (Wildman–Crippen MR) is 99.1 cm³/mol. The van der Waals surface area contributed by atoms with E-state index in [2.05, 4.69) is 10.5 Å². The minimum absolute atomic E-state index is 0.0258. The first-order chi connectivity index (χ1) is 11.6. The molecule has 0 atom stereocenters. The number of phenolic OH excluding ortho intramolecular Hbond substituents is 1. The number of benzene rings is 2. The lowest BCUT2D eigenvalue weighted by atomic mass is 9.98. The van der Waals surface area contributed by atoms with Crippen molar-refractivity contribution >= 4 is 46.0 Å². The molecule has 1 aliphatic heterocycles. The van der Waals surface area contributed by atoms with Gasteiger partial charge in [0, 0.05) is 0 Å². The summed E-state index contributed by atoms with van der Waals surface area (Å²) < 4.78 is 0.395. The number of phenols is 1. The Hall–Kier alpha value is -2.51. The second-order valence-electron chi connectivity index (χ2n) is 5.15. The van der Waals surface area contributed by atoms with Crippen molar-refractivity contribution in [2.24, 2.45) is 5.18 Å². The number of nitrogens with zero attached hydrogens (tertiary/aromatic N) is 1. The van der Waals surface area contributed by atoms with Crippen LogP contribution in [-0.4, -0.2) is 15.3 Å². The number of thiocarbonyl (C=S) groups is 1. The molecule has 0 aliphatic carbocycles. The highest BCUT2D eigenvalue weighted by molar-refractivity contribution is 8.26. The minimum Gasteiger partial charge on any atom is -0.506 e. The van der Waals surface area contributed by atoms with Gasteiger partial charge in [-0.15, -0.1) is 4.91 Å². The van der Waals surface area contributed by atoms with Gasteiger partial charge in [-0.05, 0) is 46.5 Å². The maximum Gasteiger partial charge on any atom is 0.263 e. The number of carbonyl (C=O) groups is 1. The van der Waals surface area contributed by atoms with Crippen molar-refractivity contribution in [3.05, 3.63) is 69.0 Å². The lowest BCUT2D eigenvalue weighted by Gasteiger charge is -2.09. The summed E-state index contributed by atoms with van der Waals surface area (Å²) in [6.07, 6.45) is 2.20. The molecule has 0 saturated carbocycles. The number of rotatable bonds is 4. The monoisotopic (exact) mass is 356 g/mol. The number of thioether (sulfide) groups is 1. The van der Waals surface area contributed by atoms with Crippen molar-refractivity contribution < 1.29 is 9.90 Å². The maximum absolute atomic E-state index is 11.8. The van der Waals surface area contributed by atoms with Crippen molar-refractivity contribution in [2.45, 2.75) is 6.42 Å². The third-order valence-electron chi connectivity index (χ3n) is 3.50. The first-order valence-electron chi connectivity index (χ1n) is 7.05. The average molecular weight is 356 g/mol. The van der Waals surface area contributed by atoms with E-state index in [-0.39, 0.29) is 17.3 Å². The van der Waals surface area contributed by atoms with E-state index < -0.39 is 0 Å². The van der Waals surface area contributed by atoms with Crippen LogP contribution in [0.2, 0.25) is 0 Å². The second-order valence-corrected chi connectivity index (χ2v) is 6.86. The van der Waals surface area contributed by atoms with Crippen molar-refractivity contribution in [3.63, 3.8) is 0 Å². The van der Waals surface area contributed by atoms with Crippen molar-refractivity contribution in [1.29, 1.82) is 0 Å². The van der Waals surface area contributed by atoms with Gasteiger partial charge in [-0.3, -0.25) is 4.79 Å². The molecule has 2 N–H and O–H groups in total. The molecule has 0 bridgehead atoms. The Bertz CT molecular complexity index is 864. The van der Waals surface area contributed by atoms with Gasteiger partial charge in [0.15, 0.2) is 0 Å². The van der Waals surface area contributed by atoms with E-state index in [4.69, 9.17) is 12.2 Å². The van der Waals surface area contributed by atoms with Crippen LogP contribution < -0.4 is 5.32 Å². The molecule has 120 valence electrons.